The van der Waals surface area contributed by atoms with Crippen molar-refractivity contribution in [1.82, 2.24) is 5.32 Å². The topological polar surface area (TPSA) is 52.5 Å². The van der Waals surface area contributed by atoms with Gasteiger partial charge in [0.2, 0.25) is 0 Å². The number of fused-ring (bicyclic) bond motifs is 1. The van der Waals surface area contributed by atoms with E-state index in [4.69, 9.17) is 5.11 Å². The first-order valence-corrected chi connectivity index (χ1v) is 7.16. The minimum Gasteiger partial charge on any atom is -0.394 e. The summed E-state index contributed by atoms with van der Waals surface area (Å²) in [6.07, 6.45) is 4.42. The van der Waals surface area contributed by atoms with Crippen molar-refractivity contribution in [2.75, 3.05) is 13.2 Å². The summed E-state index contributed by atoms with van der Waals surface area (Å²) < 4.78 is 0. The number of aliphatic hydroxyl groups excluding tert-OH is 2. The second-order valence-electron chi connectivity index (χ2n) is 4.77. The normalized spacial score (nSPS) is 18.8. The predicted molar refractivity (Wildman–Crippen MR) is 70.5 cm³/mol. The molecule has 0 spiro atoms. The maximum absolute atomic E-state index is 9.31. The summed E-state index contributed by atoms with van der Waals surface area (Å²) in [6.45, 7) is 2.38. The Bertz CT molecular complexity index is 341. The van der Waals surface area contributed by atoms with E-state index in [1.54, 1.807) is 4.88 Å². The monoisotopic (exact) mass is 255 g/mol. The first-order chi connectivity index (χ1) is 8.20. The molecule has 3 nitrogen and oxygen atoms in total. The average Bonchev–Trinajstić information content (AvgIpc) is 2.79. The van der Waals surface area contributed by atoms with Gasteiger partial charge in [-0.05, 0) is 44.2 Å². The first kappa shape index (κ1) is 13.0. The summed E-state index contributed by atoms with van der Waals surface area (Å²) in [7, 11) is 0. The van der Waals surface area contributed by atoms with Gasteiger partial charge in [-0.1, -0.05) is 0 Å². The number of aliphatic hydroxyl groups is 2. The molecular weight excluding hydrogens is 234 g/mol. The van der Waals surface area contributed by atoms with Gasteiger partial charge in [-0.3, -0.25) is 0 Å². The van der Waals surface area contributed by atoms with Crippen molar-refractivity contribution >= 4 is 11.3 Å². The van der Waals surface area contributed by atoms with Crippen molar-refractivity contribution in [2.24, 2.45) is 0 Å². The van der Waals surface area contributed by atoms with Gasteiger partial charge < -0.3 is 15.5 Å². The fourth-order valence-corrected chi connectivity index (χ4v) is 3.49. The molecule has 2 rings (SSSR count). The number of thiophene rings is 1. The predicted octanol–water partition coefficient (Wildman–Crippen LogP) is 1.63. The Hall–Kier alpha value is -0.420. The van der Waals surface area contributed by atoms with Gasteiger partial charge in [0.1, 0.15) is 0 Å². The quantitative estimate of drug-likeness (QED) is 0.749. The standard InChI is InChI=1S/C13H21NO2S/c1-9(14-7-11(16)8-15)13-6-10-4-2-3-5-12(10)17-13/h6,9,11,14-16H,2-5,7-8H2,1H3. The van der Waals surface area contributed by atoms with E-state index in [0.717, 1.165) is 0 Å². The molecule has 0 bridgehead atoms. The number of hydrogen-bond acceptors (Lipinski definition) is 4. The maximum atomic E-state index is 9.31. The molecule has 17 heavy (non-hydrogen) atoms. The summed E-state index contributed by atoms with van der Waals surface area (Å²) >= 11 is 1.90. The summed E-state index contributed by atoms with van der Waals surface area (Å²) in [5.41, 5.74) is 1.52. The van der Waals surface area contributed by atoms with Gasteiger partial charge in [0.05, 0.1) is 12.7 Å². The molecule has 0 saturated carbocycles. The zero-order chi connectivity index (χ0) is 12.3. The Morgan fingerprint density at radius 1 is 1.41 bits per heavy atom. The van der Waals surface area contributed by atoms with Crippen LogP contribution < -0.4 is 5.32 Å². The molecule has 0 radical (unpaired) electrons. The molecule has 3 N–H and O–H groups in total. The van der Waals surface area contributed by atoms with E-state index in [9.17, 15) is 5.11 Å². The number of nitrogens with one attached hydrogen (secondary N) is 1. The van der Waals surface area contributed by atoms with Crippen molar-refractivity contribution in [3.05, 3.63) is 21.4 Å². The molecule has 1 aliphatic rings. The molecule has 96 valence electrons. The lowest BCUT2D eigenvalue weighted by molar-refractivity contribution is 0.0925. The summed E-state index contributed by atoms with van der Waals surface area (Å²) in [5, 5.41) is 21.3. The Balaban J connectivity index is 1.94. The van der Waals surface area contributed by atoms with E-state index in [0.29, 0.717) is 6.54 Å². The highest BCUT2D eigenvalue weighted by atomic mass is 32.1. The van der Waals surface area contributed by atoms with Crippen LogP contribution in [0.2, 0.25) is 0 Å². The summed E-state index contributed by atoms with van der Waals surface area (Å²) in [6, 6.07) is 2.56. The molecule has 1 heterocycles. The molecule has 0 fully saturated rings. The summed E-state index contributed by atoms with van der Waals surface area (Å²) in [4.78, 5) is 2.89. The van der Waals surface area contributed by atoms with Crippen LogP contribution in [0.1, 0.15) is 41.1 Å². The van der Waals surface area contributed by atoms with Crippen LogP contribution in [0.3, 0.4) is 0 Å². The third-order valence-electron chi connectivity index (χ3n) is 3.31. The third-order valence-corrected chi connectivity index (χ3v) is 4.73. The molecule has 1 aliphatic carbocycles. The third kappa shape index (κ3) is 3.28. The van der Waals surface area contributed by atoms with E-state index >= 15 is 0 Å². The number of hydrogen-bond donors (Lipinski definition) is 3. The fraction of sp³-hybridized carbons (Fsp3) is 0.692. The van der Waals surface area contributed by atoms with Gasteiger partial charge in [0.25, 0.3) is 0 Å². The highest BCUT2D eigenvalue weighted by Crippen LogP contribution is 2.32. The lowest BCUT2D eigenvalue weighted by atomic mass is 9.99. The van der Waals surface area contributed by atoms with Crippen molar-refractivity contribution in [2.45, 2.75) is 44.8 Å². The van der Waals surface area contributed by atoms with Crippen LogP contribution in [0.4, 0.5) is 0 Å². The van der Waals surface area contributed by atoms with Gasteiger partial charge in [0.15, 0.2) is 0 Å². The number of aryl methyl sites for hydroxylation is 2. The summed E-state index contributed by atoms with van der Waals surface area (Å²) in [5.74, 6) is 0. The lowest BCUT2D eigenvalue weighted by Gasteiger charge is -2.14. The van der Waals surface area contributed by atoms with Crippen LogP contribution in [0.15, 0.2) is 6.07 Å². The maximum Gasteiger partial charge on any atom is 0.0895 e. The average molecular weight is 255 g/mol. The molecule has 0 amide bonds. The SMILES string of the molecule is CC(NCC(O)CO)c1cc2c(s1)CCCC2. The largest absolute Gasteiger partial charge is 0.394 e. The van der Waals surface area contributed by atoms with Crippen LogP contribution in [0, 0.1) is 0 Å². The van der Waals surface area contributed by atoms with Gasteiger partial charge in [-0.2, -0.15) is 0 Å². The second kappa shape index (κ2) is 5.96. The fourth-order valence-electron chi connectivity index (χ4n) is 2.21. The highest BCUT2D eigenvalue weighted by Gasteiger charge is 2.16. The van der Waals surface area contributed by atoms with Gasteiger partial charge in [-0.15, -0.1) is 11.3 Å². The molecule has 0 saturated heterocycles. The van der Waals surface area contributed by atoms with Crippen molar-refractivity contribution in [3.63, 3.8) is 0 Å². The lowest BCUT2D eigenvalue weighted by Crippen LogP contribution is -2.30. The van der Waals surface area contributed by atoms with Crippen LogP contribution in [-0.2, 0) is 12.8 Å². The second-order valence-corrected chi connectivity index (χ2v) is 5.94. The Morgan fingerprint density at radius 2 is 2.18 bits per heavy atom. The van der Waals surface area contributed by atoms with Crippen LogP contribution in [0.25, 0.3) is 0 Å². The molecule has 0 aliphatic heterocycles. The van der Waals surface area contributed by atoms with Crippen LogP contribution in [-0.4, -0.2) is 29.5 Å². The van der Waals surface area contributed by atoms with E-state index in [1.807, 2.05) is 11.3 Å². The van der Waals surface area contributed by atoms with Gasteiger partial charge >= 0.3 is 0 Å². The van der Waals surface area contributed by atoms with Crippen LogP contribution in [0.5, 0.6) is 0 Å². The van der Waals surface area contributed by atoms with E-state index in [2.05, 4.69) is 18.3 Å². The van der Waals surface area contributed by atoms with Crippen LogP contribution >= 0.6 is 11.3 Å². The molecule has 0 aromatic carbocycles. The molecule has 2 unspecified atom stereocenters. The highest BCUT2D eigenvalue weighted by molar-refractivity contribution is 7.12. The van der Waals surface area contributed by atoms with Crippen molar-refractivity contribution in [1.29, 1.82) is 0 Å². The zero-order valence-electron chi connectivity index (χ0n) is 10.3. The van der Waals surface area contributed by atoms with Crippen molar-refractivity contribution in [3.8, 4) is 0 Å². The molecule has 1 aromatic rings. The van der Waals surface area contributed by atoms with E-state index in [-0.39, 0.29) is 12.6 Å². The minimum absolute atomic E-state index is 0.180. The molecular formula is C13H21NO2S. The Labute approximate surface area is 106 Å². The minimum atomic E-state index is -0.660. The first-order valence-electron chi connectivity index (χ1n) is 6.34. The van der Waals surface area contributed by atoms with Gasteiger partial charge in [0, 0.05) is 22.3 Å². The molecule has 4 heteroatoms. The molecule has 2 atom stereocenters. The number of rotatable bonds is 5. The van der Waals surface area contributed by atoms with Gasteiger partial charge in [-0.25, -0.2) is 0 Å². The van der Waals surface area contributed by atoms with E-state index in [1.165, 1.54) is 36.1 Å². The van der Waals surface area contributed by atoms with E-state index < -0.39 is 6.10 Å². The zero-order valence-corrected chi connectivity index (χ0v) is 11.1. The molecule has 1 aromatic heterocycles. The smallest absolute Gasteiger partial charge is 0.0895 e. The Morgan fingerprint density at radius 3 is 2.88 bits per heavy atom. The Kier molecular flexibility index (Phi) is 4.56. The van der Waals surface area contributed by atoms with Crippen molar-refractivity contribution < 1.29 is 10.2 Å².